The predicted molar refractivity (Wildman–Crippen MR) is 85.6 cm³/mol. The van der Waals surface area contributed by atoms with Crippen LogP contribution in [0.4, 0.5) is 0 Å². The fraction of sp³-hybridized carbons (Fsp3) is 0.222. The fourth-order valence-corrected chi connectivity index (χ4v) is 1.75. The summed E-state index contributed by atoms with van der Waals surface area (Å²) in [4.78, 5) is 22.3. The Morgan fingerprint density at radius 3 is 1.95 bits per heavy atom. The lowest BCUT2D eigenvalue weighted by Crippen LogP contribution is -2.06. The van der Waals surface area contributed by atoms with Crippen LogP contribution in [0.1, 0.15) is 23.7 Å². The van der Waals surface area contributed by atoms with E-state index in [0.29, 0.717) is 11.3 Å². The first kappa shape index (κ1) is 17.4. The molecule has 4 heteroatoms. The van der Waals surface area contributed by atoms with Gasteiger partial charge in [-0.25, -0.2) is 0 Å². The average Bonchev–Trinajstić information content (AvgIpc) is 2.55. The first-order valence-corrected chi connectivity index (χ1v) is 6.83. The van der Waals surface area contributed by atoms with Crippen molar-refractivity contribution in [2.75, 3.05) is 14.2 Å². The van der Waals surface area contributed by atoms with Crippen molar-refractivity contribution in [2.45, 2.75) is 13.3 Å². The van der Waals surface area contributed by atoms with Gasteiger partial charge >= 0.3 is 0 Å². The highest BCUT2D eigenvalue weighted by atomic mass is 16.5. The van der Waals surface area contributed by atoms with E-state index in [1.165, 1.54) is 14.0 Å². The number of ether oxygens (including phenoxy) is 2. The van der Waals surface area contributed by atoms with E-state index in [-0.39, 0.29) is 18.0 Å². The quantitative estimate of drug-likeness (QED) is 0.626. The molecule has 0 saturated carbocycles. The molecule has 22 heavy (non-hydrogen) atoms. The van der Waals surface area contributed by atoms with Gasteiger partial charge in [0.2, 0.25) is 0 Å². The van der Waals surface area contributed by atoms with Crippen LogP contribution in [0.2, 0.25) is 0 Å². The van der Waals surface area contributed by atoms with Crippen molar-refractivity contribution in [1.29, 1.82) is 0 Å². The second-order valence-electron chi connectivity index (χ2n) is 4.52. The zero-order valence-corrected chi connectivity index (χ0v) is 13.0. The van der Waals surface area contributed by atoms with Gasteiger partial charge in [-0.05, 0) is 31.2 Å². The maximum Gasteiger partial charge on any atom is 0.173 e. The van der Waals surface area contributed by atoms with Crippen LogP contribution in [0.15, 0.2) is 54.6 Å². The third kappa shape index (κ3) is 5.79. The fourth-order valence-electron chi connectivity index (χ4n) is 1.75. The average molecular weight is 300 g/mol. The van der Waals surface area contributed by atoms with E-state index in [0.717, 1.165) is 5.75 Å². The molecule has 0 aliphatic heterocycles. The molecule has 0 bridgehead atoms. The summed E-state index contributed by atoms with van der Waals surface area (Å²) in [6.07, 6.45) is -0.0691. The van der Waals surface area contributed by atoms with Crippen molar-refractivity contribution in [2.24, 2.45) is 0 Å². The lowest BCUT2D eigenvalue weighted by atomic mass is 10.1. The van der Waals surface area contributed by atoms with Crippen molar-refractivity contribution in [3.8, 4) is 11.5 Å². The van der Waals surface area contributed by atoms with Crippen LogP contribution in [0.3, 0.4) is 0 Å². The summed E-state index contributed by atoms with van der Waals surface area (Å²) in [6.45, 7) is 1.40. The summed E-state index contributed by atoms with van der Waals surface area (Å²) in [5, 5.41) is 0. The highest BCUT2D eigenvalue weighted by molar-refractivity contribution is 6.08. The lowest BCUT2D eigenvalue weighted by molar-refractivity contribution is -0.116. The summed E-state index contributed by atoms with van der Waals surface area (Å²) in [7, 11) is 3.16. The topological polar surface area (TPSA) is 52.6 Å². The molecule has 0 spiro atoms. The highest BCUT2D eigenvalue weighted by Gasteiger charge is 2.12. The van der Waals surface area contributed by atoms with Crippen molar-refractivity contribution in [3.05, 3.63) is 60.2 Å². The van der Waals surface area contributed by atoms with E-state index in [9.17, 15) is 9.59 Å². The van der Waals surface area contributed by atoms with Gasteiger partial charge in [0, 0.05) is 0 Å². The molecule has 2 aromatic rings. The van der Waals surface area contributed by atoms with E-state index >= 15 is 0 Å². The van der Waals surface area contributed by atoms with Crippen LogP contribution in [-0.4, -0.2) is 25.8 Å². The van der Waals surface area contributed by atoms with Gasteiger partial charge in [0.05, 0.1) is 26.2 Å². The van der Waals surface area contributed by atoms with Crippen molar-refractivity contribution >= 4 is 11.6 Å². The molecule has 0 radical (unpaired) electrons. The number of methoxy groups -OCH3 is 2. The van der Waals surface area contributed by atoms with E-state index in [1.807, 2.05) is 30.3 Å². The zero-order chi connectivity index (χ0) is 16.4. The number of para-hydroxylation sites is 2. The summed E-state index contributed by atoms with van der Waals surface area (Å²) in [5.41, 5.74) is 0.463. The third-order valence-electron chi connectivity index (χ3n) is 2.80. The largest absolute Gasteiger partial charge is 0.497 e. The molecule has 0 saturated heterocycles. The van der Waals surface area contributed by atoms with Gasteiger partial charge in [0.15, 0.2) is 5.78 Å². The summed E-state index contributed by atoms with van der Waals surface area (Å²) < 4.78 is 9.93. The number of carbonyl (C=O) groups excluding carboxylic acids is 2. The summed E-state index contributed by atoms with van der Waals surface area (Å²) in [6, 6.07) is 16.6. The van der Waals surface area contributed by atoms with Crippen LogP contribution >= 0.6 is 0 Å². The number of hydrogen-bond acceptors (Lipinski definition) is 4. The Morgan fingerprint density at radius 1 is 0.864 bits per heavy atom. The molecular weight excluding hydrogens is 280 g/mol. The Hall–Kier alpha value is -2.62. The second-order valence-corrected chi connectivity index (χ2v) is 4.52. The molecule has 0 atom stereocenters. The number of hydrogen-bond donors (Lipinski definition) is 0. The molecule has 0 amide bonds. The minimum Gasteiger partial charge on any atom is -0.497 e. The minimum absolute atomic E-state index is 0.0691. The Bertz CT molecular complexity index is 605. The summed E-state index contributed by atoms with van der Waals surface area (Å²) in [5.74, 6) is 1.09. The number of ketones is 2. The molecule has 4 nitrogen and oxygen atoms in total. The molecule has 0 N–H and O–H groups in total. The van der Waals surface area contributed by atoms with E-state index in [1.54, 1.807) is 31.4 Å². The first-order chi connectivity index (χ1) is 10.6. The van der Waals surface area contributed by atoms with Gasteiger partial charge in [0.1, 0.15) is 17.3 Å². The van der Waals surface area contributed by atoms with E-state index in [2.05, 4.69) is 0 Å². The number of Topliss-reactive ketones (excluding diaryl/α,β-unsaturated/α-hetero) is 2. The third-order valence-corrected chi connectivity index (χ3v) is 2.80. The number of carbonyl (C=O) groups is 2. The van der Waals surface area contributed by atoms with Crippen LogP contribution in [0, 0.1) is 0 Å². The van der Waals surface area contributed by atoms with Crippen molar-refractivity contribution in [3.63, 3.8) is 0 Å². The van der Waals surface area contributed by atoms with Crippen LogP contribution in [-0.2, 0) is 4.79 Å². The maximum absolute atomic E-state index is 11.5. The molecule has 2 aromatic carbocycles. The molecule has 2 rings (SSSR count). The Kier molecular flexibility index (Phi) is 7.40. The van der Waals surface area contributed by atoms with E-state index < -0.39 is 0 Å². The van der Waals surface area contributed by atoms with E-state index in [4.69, 9.17) is 9.47 Å². The molecule has 0 aliphatic rings. The minimum atomic E-state index is -0.199. The van der Waals surface area contributed by atoms with Crippen LogP contribution < -0.4 is 9.47 Å². The van der Waals surface area contributed by atoms with Gasteiger partial charge in [-0.15, -0.1) is 0 Å². The zero-order valence-electron chi connectivity index (χ0n) is 13.0. The molecular formula is C18H20O4. The smallest absolute Gasteiger partial charge is 0.173 e. The SMILES string of the molecule is COc1ccccc1.COc1ccccc1C(=O)CC(C)=O. The molecule has 0 fully saturated rings. The number of rotatable bonds is 5. The number of benzene rings is 2. The Morgan fingerprint density at radius 2 is 1.45 bits per heavy atom. The summed E-state index contributed by atoms with van der Waals surface area (Å²) >= 11 is 0. The molecule has 116 valence electrons. The molecule has 0 aliphatic carbocycles. The molecule has 0 heterocycles. The first-order valence-electron chi connectivity index (χ1n) is 6.83. The monoisotopic (exact) mass is 300 g/mol. The maximum atomic E-state index is 11.5. The highest BCUT2D eigenvalue weighted by Crippen LogP contribution is 2.18. The predicted octanol–water partition coefficient (Wildman–Crippen LogP) is 3.55. The second kappa shape index (κ2) is 9.34. The molecule has 0 aromatic heterocycles. The van der Waals surface area contributed by atoms with Gasteiger partial charge < -0.3 is 9.47 Å². The Labute approximate surface area is 130 Å². The van der Waals surface area contributed by atoms with Crippen molar-refractivity contribution < 1.29 is 19.1 Å². The normalized spacial score (nSPS) is 9.23. The van der Waals surface area contributed by atoms with Crippen molar-refractivity contribution in [1.82, 2.24) is 0 Å². The van der Waals surface area contributed by atoms with Gasteiger partial charge in [-0.2, -0.15) is 0 Å². The van der Waals surface area contributed by atoms with Gasteiger partial charge in [-0.1, -0.05) is 30.3 Å². The van der Waals surface area contributed by atoms with Gasteiger partial charge in [-0.3, -0.25) is 9.59 Å². The lowest BCUT2D eigenvalue weighted by Gasteiger charge is -2.05. The Balaban J connectivity index is 0.000000255. The molecule has 0 unspecified atom stereocenters. The van der Waals surface area contributed by atoms with Gasteiger partial charge in [0.25, 0.3) is 0 Å². The van der Waals surface area contributed by atoms with Crippen LogP contribution in [0.5, 0.6) is 11.5 Å². The van der Waals surface area contributed by atoms with Crippen LogP contribution in [0.25, 0.3) is 0 Å². The standard InChI is InChI=1S/C11H12O3.C7H8O/c1-8(12)7-10(13)9-5-3-4-6-11(9)14-2;1-8-7-5-3-2-4-6-7/h3-6H,7H2,1-2H3;2-6H,1H3.